The number of carbonyl (C=O) groups excluding carboxylic acids is 1. The first kappa shape index (κ1) is 22.9. The molecule has 0 bridgehead atoms. The average Bonchev–Trinajstić information content (AvgIpc) is 2.68. The number of piperazine rings is 1. The molecule has 2 aromatic carbocycles. The summed E-state index contributed by atoms with van der Waals surface area (Å²) in [6.45, 7) is 5.12. The van der Waals surface area contributed by atoms with Gasteiger partial charge in [0.1, 0.15) is 5.82 Å². The number of nitrogens with zero attached hydrogens (tertiary/aromatic N) is 3. The van der Waals surface area contributed by atoms with E-state index in [2.05, 4.69) is 15.2 Å². The van der Waals surface area contributed by atoms with Crippen molar-refractivity contribution in [3.63, 3.8) is 0 Å². The predicted octanol–water partition coefficient (Wildman–Crippen LogP) is 3.22. The number of hydrogen-bond donors (Lipinski definition) is 2. The molecule has 1 amide bonds. The number of aliphatic imine (C=N–C) groups is 1. The Hall–Kier alpha value is -2.36. The highest BCUT2D eigenvalue weighted by molar-refractivity contribution is 14.0. The number of benzene rings is 2. The van der Waals surface area contributed by atoms with Gasteiger partial charge in [-0.15, -0.1) is 24.0 Å². The van der Waals surface area contributed by atoms with Crippen LogP contribution < -0.4 is 16.0 Å². The van der Waals surface area contributed by atoms with E-state index in [1.54, 1.807) is 12.1 Å². The minimum absolute atomic E-state index is 0. The quantitative estimate of drug-likeness (QED) is 0.368. The molecule has 0 atom stereocenters. The summed E-state index contributed by atoms with van der Waals surface area (Å²) < 4.78 is 13.0. The number of hydrogen-bond acceptors (Lipinski definition) is 3. The van der Waals surface area contributed by atoms with Gasteiger partial charge in [-0.25, -0.2) is 4.39 Å². The molecule has 3 rings (SSSR count). The monoisotopic (exact) mass is 511 g/mol. The minimum Gasteiger partial charge on any atom is -0.370 e. The van der Waals surface area contributed by atoms with Gasteiger partial charge in [-0.1, -0.05) is 12.1 Å². The van der Waals surface area contributed by atoms with Gasteiger partial charge in [0.25, 0.3) is 0 Å². The third kappa shape index (κ3) is 6.88. The minimum atomic E-state index is -0.241. The van der Waals surface area contributed by atoms with Gasteiger partial charge in [-0.05, 0) is 48.9 Å². The second kappa shape index (κ2) is 11.0. The Kier molecular flexibility index (Phi) is 8.69. The molecule has 1 fully saturated rings. The number of nitrogens with two attached hydrogens (primary N) is 1. The lowest BCUT2D eigenvalue weighted by atomic mass is 10.2. The van der Waals surface area contributed by atoms with Crippen LogP contribution in [0.15, 0.2) is 53.5 Å². The van der Waals surface area contributed by atoms with Gasteiger partial charge in [0.05, 0.1) is 6.54 Å². The summed E-state index contributed by atoms with van der Waals surface area (Å²) in [5.41, 5.74) is 8.89. The summed E-state index contributed by atoms with van der Waals surface area (Å²) in [5, 5.41) is 3.03. The van der Waals surface area contributed by atoms with Crippen LogP contribution in [0.2, 0.25) is 0 Å². The maximum absolute atomic E-state index is 13.0. The average molecular weight is 511 g/mol. The molecule has 29 heavy (non-hydrogen) atoms. The van der Waals surface area contributed by atoms with Crippen LogP contribution in [-0.4, -0.2) is 49.5 Å². The molecular formula is C21H27FIN5O. The van der Waals surface area contributed by atoms with E-state index in [1.807, 2.05) is 36.1 Å². The van der Waals surface area contributed by atoms with E-state index in [4.69, 9.17) is 5.73 Å². The number of anilines is 2. The van der Waals surface area contributed by atoms with Crippen LogP contribution in [0.4, 0.5) is 15.8 Å². The van der Waals surface area contributed by atoms with Crippen molar-refractivity contribution in [2.24, 2.45) is 10.7 Å². The number of aryl methyl sites for hydroxylation is 1. The first-order valence-corrected chi connectivity index (χ1v) is 9.43. The highest BCUT2D eigenvalue weighted by Gasteiger charge is 2.20. The smallest absolute Gasteiger partial charge is 0.224 e. The van der Waals surface area contributed by atoms with Crippen LogP contribution in [0.1, 0.15) is 12.0 Å². The summed E-state index contributed by atoms with van der Waals surface area (Å²) in [4.78, 5) is 20.6. The summed E-state index contributed by atoms with van der Waals surface area (Å²) in [5.74, 6) is 0.139. The Morgan fingerprint density at radius 2 is 1.83 bits per heavy atom. The van der Waals surface area contributed by atoms with Crippen molar-refractivity contribution in [3.05, 3.63) is 59.9 Å². The van der Waals surface area contributed by atoms with Gasteiger partial charge in [0, 0.05) is 44.0 Å². The first-order valence-electron chi connectivity index (χ1n) is 9.43. The van der Waals surface area contributed by atoms with E-state index < -0.39 is 0 Å². The van der Waals surface area contributed by atoms with Crippen molar-refractivity contribution in [3.8, 4) is 0 Å². The zero-order valence-corrected chi connectivity index (χ0v) is 18.8. The summed E-state index contributed by atoms with van der Waals surface area (Å²) in [7, 11) is 0. The molecule has 3 N–H and O–H groups in total. The normalized spacial score (nSPS) is 14.3. The fraction of sp³-hybridized carbons (Fsp3) is 0.333. The first-order chi connectivity index (χ1) is 13.5. The molecule has 1 heterocycles. The molecule has 1 aliphatic heterocycles. The molecular weight excluding hydrogens is 484 g/mol. The third-order valence-corrected chi connectivity index (χ3v) is 4.72. The van der Waals surface area contributed by atoms with Crippen LogP contribution in [0.25, 0.3) is 0 Å². The summed E-state index contributed by atoms with van der Waals surface area (Å²) in [6, 6.07) is 14.3. The van der Waals surface area contributed by atoms with E-state index in [0.29, 0.717) is 32.0 Å². The highest BCUT2D eigenvalue weighted by Crippen LogP contribution is 2.17. The Morgan fingerprint density at radius 1 is 1.14 bits per heavy atom. The van der Waals surface area contributed by atoms with Gasteiger partial charge in [-0.2, -0.15) is 0 Å². The molecule has 0 aliphatic carbocycles. The topological polar surface area (TPSA) is 74.0 Å². The van der Waals surface area contributed by atoms with Crippen molar-refractivity contribution in [1.29, 1.82) is 0 Å². The van der Waals surface area contributed by atoms with E-state index in [0.717, 1.165) is 30.0 Å². The number of rotatable bonds is 5. The van der Waals surface area contributed by atoms with E-state index in [-0.39, 0.29) is 35.7 Å². The van der Waals surface area contributed by atoms with Crippen molar-refractivity contribution < 1.29 is 9.18 Å². The van der Waals surface area contributed by atoms with Gasteiger partial charge < -0.3 is 20.9 Å². The SMILES string of the molecule is Cc1cccc(NC(N)=NCCC(=O)N2CCN(c3ccc(F)cc3)CC2)c1.I. The molecule has 8 heteroatoms. The molecule has 1 saturated heterocycles. The standard InChI is InChI=1S/C21H26FN5O.HI/c1-16-3-2-4-18(15-16)25-21(23)24-10-9-20(28)27-13-11-26(12-14-27)19-7-5-17(22)6-8-19;/h2-8,15H,9-14H2,1H3,(H3,23,24,25);1H. The number of nitrogens with one attached hydrogen (secondary N) is 1. The van der Waals surface area contributed by atoms with Crippen molar-refractivity contribution in [2.45, 2.75) is 13.3 Å². The van der Waals surface area contributed by atoms with Gasteiger partial charge in [0.15, 0.2) is 5.96 Å². The van der Waals surface area contributed by atoms with Gasteiger partial charge in [-0.3, -0.25) is 9.79 Å². The zero-order chi connectivity index (χ0) is 19.9. The zero-order valence-electron chi connectivity index (χ0n) is 16.5. The predicted molar refractivity (Wildman–Crippen MR) is 127 cm³/mol. The van der Waals surface area contributed by atoms with Crippen molar-refractivity contribution in [1.82, 2.24) is 4.90 Å². The second-order valence-electron chi connectivity index (χ2n) is 6.86. The fourth-order valence-corrected chi connectivity index (χ4v) is 3.21. The lowest BCUT2D eigenvalue weighted by Crippen LogP contribution is -2.48. The maximum atomic E-state index is 13.0. The number of guanidine groups is 1. The van der Waals surface area contributed by atoms with E-state index in [9.17, 15) is 9.18 Å². The van der Waals surface area contributed by atoms with Crippen LogP contribution >= 0.6 is 24.0 Å². The Bertz CT molecular complexity index is 835. The molecule has 6 nitrogen and oxygen atoms in total. The summed E-state index contributed by atoms with van der Waals surface area (Å²) in [6.07, 6.45) is 0.326. The molecule has 0 unspecified atom stereocenters. The van der Waals surface area contributed by atoms with Crippen molar-refractivity contribution in [2.75, 3.05) is 42.9 Å². The molecule has 1 aliphatic rings. The maximum Gasteiger partial charge on any atom is 0.224 e. The van der Waals surface area contributed by atoms with Gasteiger partial charge >= 0.3 is 0 Å². The third-order valence-electron chi connectivity index (χ3n) is 4.72. The van der Waals surface area contributed by atoms with Crippen molar-refractivity contribution >= 4 is 47.2 Å². The fourth-order valence-electron chi connectivity index (χ4n) is 3.21. The van der Waals surface area contributed by atoms with Crippen LogP contribution in [0.3, 0.4) is 0 Å². The Balaban J connectivity index is 0.00000300. The van der Waals surface area contributed by atoms with Crippen LogP contribution in [0, 0.1) is 12.7 Å². The Morgan fingerprint density at radius 3 is 2.48 bits per heavy atom. The van der Waals surface area contributed by atoms with Crippen LogP contribution in [-0.2, 0) is 4.79 Å². The van der Waals surface area contributed by atoms with E-state index in [1.165, 1.54) is 12.1 Å². The molecule has 0 radical (unpaired) electrons. The lowest BCUT2D eigenvalue weighted by molar-refractivity contribution is -0.131. The van der Waals surface area contributed by atoms with E-state index >= 15 is 0 Å². The largest absolute Gasteiger partial charge is 0.370 e. The molecule has 0 aromatic heterocycles. The molecule has 2 aromatic rings. The molecule has 0 spiro atoms. The molecule has 0 saturated carbocycles. The second-order valence-corrected chi connectivity index (χ2v) is 6.86. The number of halogens is 2. The number of carbonyl (C=O) groups is 1. The highest BCUT2D eigenvalue weighted by atomic mass is 127. The number of amides is 1. The lowest BCUT2D eigenvalue weighted by Gasteiger charge is -2.36. The Labute approximate surface area is 188 Å². The molecule has 156 valence electrons. The van der Waals surface area contributed by atoms with Gasteiger partial charge in [0.2, 0.25) is 5.91 Å². The summed E-state index contributed by atoms with van der Waals surface area (Å²) >= 11 is 0. The van der Waals surface area contributed by atoms with Crippen LogP contribution in [0.5, 0.6) is 0 Å².